The minimum atomic E-state index is -0.658. The number of benzene rings is 1. The largest absolute Gasteiger partial charge is 0.437 e. The number of nitrogens with one attached hydrogen (secondary N) is 1. The molecule has 1 aromatic carbocycles. The minimum absolute atomic E-state index is 0.179. The Morgan fingerprint density at radius 2 is 1.93 bits per heavy atom. The van der Waals surface area contributed by atoms with Crippen molar-refractivity contribution in [3.63, 3.8) is 0 Å². The first-order chi connectivity index (χ1) is 14.0. The van der Waals surface area contributed by atoms with E-state index in [1.54, 1.807) is 6.07 Å². The van der Waals surface area contributed by atoms with Crippen LogP contribution in [-0.4, -0.2) is 41.0 Å². The molecule has 29 heavy (non-hydrogen) atoms. The van der Waals surface area contributed by atoms with Crippen LogP contribution in [0.25, 0.3) is 10.8 Å². The SMILES string of the molecule is CC1CN(c2ccc(NC(=O)Cn3nc(-c4cccs4)oc3=O)cc2)CC(C)O1. The summed E-state index contributed by atoms with van der Waals surface area (Å²) in [6, 6.07) is 11.3. The third-order valence-electron chi connectivity index (χ3n) is 4.57. The van der Waals surface area contributed by atoms with Gasteiger partial charge in [0, 0.05) is 24.5 Å². The number of hydrogen-bond donors (Lipinski definition) is 1. The summed E-state index contributed by atoms with van der Waals surface area (Å²) < 4.78 is 11.9. The van der Waals surface area contributed by atoms with Crippen LogP contribution in [0.3, 0.4) is 0 Å². The summed E-state index contributed by atoms with van der Waals surface area (Å²) in [6.45, 7) is 5.57. The Bertz CT molecular complexity index is 1020. The molecule has 3 aromatic rings. The average Bonchev–Trinajstić information content (AvgIpc) is 3.32. The van der Waals surface area contributed by atoms with E-state index < -0.39 is 5.76 Å². The molecule has 0 spiro atoms. The maximum Gasteiger partial charge on any atom is 0.437 e. The summed E-state index contributed by atoms with van der Waals surface area (Å²) in [5.74, 6) is -0.787. The van der Waals surface area contributed by atoms with Crippen LogP contribution in [-0.2, 0) is 16.1 Å². The van der Waals surface area contributed by atoms with Crippen molar-refractivity contribution in [2.75, 3.05) is 23.3 Å². The first-order valence-electron chi connectivity index (χ1n) is 9.40. The number of ether oxygens (including phenoxy) is 1. The van der Waals surface area contributed by atoms with Crippen LogP contribution in [0.2, 0.25) is 0 Å². The van der Waals surface area contributed by atoms with Gasteiger partial charge in [0.1, 0.15) is 6.54 Å². The highest BCUT2D eigenvalue weighted by Crippen LogP contribution is 2.23. The summed E-state index contributed by atoms with van der Waals surface area (Å²) in [6.07, 6.45) is 0.357. The lowest BCUT2D eigenvalue weighted by molar-refractivity contribution is -0.117. The Morgan fingerprint density at radius 1 is 1.21 bits per heavy atom. The van der Waals surface area contributed by atoms with Gasteiger partial charge in [0.25, 0.3) is 5.89 Å². The smallest absolute Gasteiger partial charge is 0.387 e. The second kappa shape index (κ2) is 8.22. The van der Waals surface area contributed by atoms with Gasteiger partial charge < -0.3 is 19.4 Å². The lowest BCUT2D eigenvalue weighted by Gasteiger charge is -2.36. The molecule has 9 heteroatoms. The molecule has 1 aliphatic rings. The number of aromatic nitrogens is 2. The molecule has 0 radical (unpaired) electrons. The summed E-state index contributed by atoms with van der Waals surface area (Å²) in [7, 11) is 0. The van der Waals surface area contributed by atoms with Gasteiger partial charge in [-0.3, -0.25) is 4.79 Å². The predicted octanol–water partition coefficient (Wildman–Crippen LogP) is 2.82. The Hall–Kier alpha value is -2.91. The molecule has 1 fully saturated rings. The topological polar surface area (TPSA) is 89.6 Å². The van der Waals surface area contributed by atoms with Crippen molar-refractivity contribution in [3.8, 4) is 10.8 Å². The normalized spacial score (nSPS) is 19.3. The zero-order chi connectivity index (χ0) is 20.4. The second-order valence-corrected chi connectivity index (χ2v) is 8.01. The van der Waals surface area contributed by atoms with Crippen molar-refractivity contribution < 1.29 is 13.9 Å². The van der Waals surface area contributed by atoms with Crippen LogP contribution >= 0.6 is 11.3 Å². The monoisotopic (exact) mass is 414 g/mol. The van der Waals surface area contributed by atoms with Crippen LogP contribution in [0.1, 0.15) is 13.8 Å². The molecular weight excluding hydrogens is 392 g/mol. The van der Waals surface area contributed by atoms with Crippen LogP contribution in [0.5, 0.6) is 0 Å². The van der Waals surface area contributed by atoms with E-state index in [1.165, 1.54) is 11.3 Å². The van der Waals surface area contributed by atoms with E-state index in [4.69, 9.17) is 9.15 Å². The molecule has 1 N–H and O–H groups in total. The predicted molar refractivity (Wildman–Crippen MR) is 111 cm³/mol. The summed E-state index contributed by atoms with van der Waals surface area (Å²) in [4.78, 5) is 27.3. The molecule has 0 saturated carbocycles. The van der Waals surface area contributed by atoms with Gasteiger partial charge in [0.15, 0.2) is 0 Å². The molecule has 1 amide bonds. The molecule has 3 heterocycles. The number of carbonyl (C=O) groups excluding carboxylic acids is 1. The second-order valence-electron chi connectivity index (χ2n) is 7.07. The van der Waals surface area contributed by atoms with Crippen molar-refractivity contribution >= 4 is 28.6 Å². The Kier molecular flexibility index (Phi) is 5.50. The van der Waals surface area contributed by atoms with Gasteiger partial charge in [-0.15, -0.1) is 16.4 Å². The van der Waals surface area contributed by atoms with Crippen LogP contribution in [0.15, 0.2) is 51.0 Å². The van der Waals surface area contributed by atoms with Crippen molar-refractivity contribution in [2.24, 2.45) is 0 Å². The molecule has 152 valence electrons. The number of rotatable bonds is 5. The highest BCUT2D eigenvalue weighted by Gasteiger charge is 2.22. The molecule has 1 saturated heterocycles. The average molecular weight is 414 g/mol. The number of anilines is 2. The molecule has 0 aliphatic carbocycles. The van der Waals surface area contributed by atoms with Gasteiger partial charge in [-0.25, -0.2) is 4.79 Å². The van der Waals surface area contributed by atoms with Gasteiger partial charge in [-0.1, -0.05) is 6.07 Å². The number of thiophene rings is 1. The molecule has 2 atom stereocenters. The highest BCUT2D eigenvalue weighted by atomic mass is 32.1. The fraction of sp³-hybridized carbons (Fsp3) is 0.350. The van der Waals surface area contributed by atoms with Gasteiger partial charge in [-0.05, 0) is 49.6 Å². The number of nitrogens with zero attached hydrogens (tertiary/aromatic N) is 3. The molecule has 1 aliphatic heterocycles. The maximum atomic E-state index is 12.3. The number of hydrogen-bond acceptors (Lipinski definition) is 7. The van der Waals surface area contributed by atoms with Crippen LogP contribution in [0.4, 0.5) is 11.4 Å². The molecule has 8 nitrogen and oxygen atoms in total. The first-order valence-corrected chi connectivity index (χ1v) is 10.3. The number of morpholine rings is 1. The van der Waals surface area contributed by atoms with Gasteiger partial charge in [-0.2, -0.15) is 4.68 Å². The molecule has 2 unspecified atom stereocenters. The quantitative estimate of drug-likeness (QED) is 0.691. The van der Waals surface area contributed by atoms with E-state index >= 15 is 0 Å². The summed E-state index contributed by atoms with van der Waals surface area (Å²) >= 11 is 1.41. The van der Waals surface area contributed by atoms with Gasteiger partial charge in [0.05, 0.1) is 17.1 Å². The van der Waals surface area contributed by atoms with Gasteiger partial charge >= 0.3 is 5.76 Å². The Labute approximate surface area is 171 Å². The van der Waals surface area contributed by atoms with E-state index in [9.17, 15) is 9.59 Å². The van der Waals surface area contributed by atoms with Crippen molar-refractivity contribution in [1.29, 1.82) is 0 Å². The van der Waals surface area contributed by atoms with E-state index in [0.717, 1.165) is 28.3 Å². The van der Waals surface area contributed by atoms with E-state index in [2.05, 4.69) is 29.2 Å². The van der Waals surface area contributed by atoms with Gasteiger partial charge in [0.2, 0.25) is 5.91 Å². The highest BCUT2D eigenvalue weighted by molar-refractivity contribution is 7.13. The van der Waals surface area contributed by atoms with Crippen LogP contribution in [0, 0.1) is 0 Å². The molecule has 0 bridgehead atoms. The van der Waals surface area contributed by atoms with E-state index in [1.807, 2.05) is 35.7 Å². The Balaban J connectivity index is 1.38. The fourth-order valence-corrected chi connectivity index (χ4v) is 4.03. The van der Waals surface area contributed by atoms with E-state index in [-0.39, 0.29) is 30.6 Å². The lowest BCUT2D eigenvalue weighted by atomic mass is 10.2. The molecule has 4 rings (SSSR count). The van der Waals surface area contributed by atoms with Crippen molar-refractivity contribution in [2.45, 2.75) is 32.6 Å². The standard InChI is InChI=1S/C20H22N4O4S/c1-13-10-23(11-14(2)27-13)16-7-5-15(6-8-16)21-18(25)12-24-20(26)28-19(22-24)17-4-3-9-29-17/h3-9,13-14H,10-12H2,1-2H3,(H,21,25). The van der Waals surface area contributed by atoms with E-state index in [0.29, 0.717) is 5.69 Å². The number of carbonyl (C=O) groups is 1. The summed E-state index contributed by atoms with van der Waals surface area (Å²) in [5, 5.41) is 8.74. The third-order valence-corrected chi connectivity index (χ3v) is 5.43. The maximum absolute atomic E-state index is 12.3. The first kappa shape index (κ1) is 19.4. The lowest BCUT2D eigenvalue weighted by Crippen LogP contribution is -2.45. The zero-order valence-corrected chi connectivity index (χ0v) is 17.0. The third kappa shape index (κ3) is 4.57. The Morgan fingerprint density at radius 3 is 2.59 bits per heavy atom. The van der Waals surface area contributed by atoms with Crippen molar-refractivity contribution in [1.82, 2.24) is 9.78 Å². The van der Waals surface area contributed by atoms with Crippen molar-refractivity contribution in [3.05, 3.63) is 52.3 Å². The molecular formula is C20H22N4O4S. The molecule has 2 aromatic heterocycles. The number of amides is 1. The summed E-state index contributed by atoms with van der Waals surface area (Å²) in [5.41, 5.74) is 1.74. The van der Waals surface area contributed by atoms with Crippen LogP contribution < -0.4 is 16.0 Å². The fourth-order valence-electron chi connectivity index (χ4n) is 3.39. The zero-order valence-electron chi connectivity index (χ0n) is 16.2. The minimum Gasteiger partial charge on any atom is -0.387 e.